The van der Waals surface area contributed by atoms with Gasteiger partial charge in [0.15, 0.2) is 0 Å². The molecule has 0 unspecified atom stereocenters. The number of carbonyl (C=O) groups is 2. The number of hydrogen-bond acceptors (Lipinski definition) is 6. The van der Waals surface area contributed by atoms with Crippen molar-refractivity contribution in [1.82, 2.24) is 25.1 Å². The molecule has 3 aromatic rings. The van der Waals surface area contributed by atoms with Crippen LogP contribution in [0.4, 0.5) is 11.5 Å². The van der Waals surface area contributed by atoms with Crippen LogP contribution in [0.5, 0.6) is 0 Å². The summed E-state index contributed by atoms with van der Waals surface area (Å²) in [5.74, 6) is 0.327. The van der Waals surface area contributed by atoms with Gasteiger partial charge in [-0.1, -0.05) is 12.1 Å². The lowest BCUT2D eigenvalue weighted by atomic mass is 10.1. The molecule has 0 aliphatic carbocycles. The van der Waals surface area contributed by atoms with Gasteiger partial charge in [-0.15, -0.1) is 0 Å². The minimum absolute atomic E-state index is 0.124. The monoisotopic (exact) mass is 377 g/mol. The maximum absolute atomic E-state index is 12.4. The molecule has 1 atom stereocenters. The fraction of sp³-hybridized carbons (Fsp3) is 0.211. The van der Waals surface area contributed by atoms with Gasteiger partial charge >= 0.3 is 0 Å². The highest BCUT2D eigenvalue weighted by Crippen LogP contribution is 2.30. The third-order valence-electron chi connectivity index (χ3n) is 4.54. The van der Waals surface area contributed by atoms with Crippen molar-refractivity contribution in [2.75, 3.05) is 17.3 Å². The number of carbonyl (C=O) groups excluding carboxylic acids is 2. The fourth-order valence-corrected chi connectivity index (χ4v) is 3.16. The van der Waals surface area contributed by atoms with E-state index in [1.165, 1.54) is 6.33 Å². The van der Waals surface area contributed by atoms with E-state index in [0.29, 0.717) is 23.6 Å². The second kappa shape index (κ2) is 7.47. The van der Waals surface area contributed by atoms with Crippen molar-refractivity contribution in [3.63, 3.8) is 0 Å². The smallest absolute Gasteiger partial charge is 0.256 e. The summed E-state index contributed by atoms with van der Waals surface area (Å²) in [5, 5.41) is 9.84. The Balaban J connectivity index is 1.48. The first kappa shape index (κ1) is 17.7. The van der Waals surface area contributed by atoms with E-state index in [1.54, 1.807) is 29.3 Å². The van der Waals surface area contributed by atoms with Gasteiger partial charge in [0.05, 0.1) is 12.1 Å². The number of nitrogens with one attached hydrogen (secondary N) is 2. The minimum Gasteiger partial charge on any atom is -0.335 e. The number of pyridine rings is 1. The van der Waals surface area contributed by atoms with Gasteiger partial charge in [-0.05, 0) is 29.8 Å². The molecule has 9 heteroatoms. The van der Waals surface area contributed by atoms with Crippen LogP contribution in [0.2, 0.25) is 0 Å². The van der Waals surface area contributed by atoms with Crippen molar-refractivity contribution >= 4 is 23.3 Å². The van der Waals surface area contributed by atoms with Gasteiger partial charge in [-0.25, -0.2) is 9.97 Å². The number of benzene rings is 1. The number of amides is 2. The van der Waals surface area contributed by atoms with Gasteiger partial charge < -0.3 is 15.5 Å². The first-order valence-corrected chi connectivity index (χ1v) is 8.83. The number of fused-ring (bicyclic) bond motifs is 1. The molecule has 0 saturated carbocycles. The molecule has 9 nitrogen and oxygen atoms in total. The van der Waals surface area contributed by atoms with Crippen LogP contribution in [0.1, 0.15) is 28.5 Å². The molecule has 0 bridgehead atoms. The van der Waals surface area contributed by atoms with Crippen molar-refractivity contribution in [2.45, 2.75) is 19.1 Å². The van der Waals surface area contributed by atoms with Crippen molar-refractivity contribution in [3.05, 3.63) is 66.4 Å². The Hall–Kier alpha value is -3.75. The Morgan fingerprint density at radius 2 is 2.18 bits per heavy atom. The normalized spacial score (nSPS) is 15.7. The summed E-state index contributed by atoms with van der Waals surface area (Å²) < 4.78 is 1.60. The molecule has 4 rings (SSSR count). The number of nitrogens with zero attached hydrogens (tertiary/aromatic N) is 5. The average Bonchev–Trinajstić information content (AvgIpc) is 3.23. The van der Waals surface area contributed by atoms with E-state index in [9.17, 15) is 9.59 Å². The van der Waals surface area contributed by atoms with E-state index in [2.05, 4.69) is 25.7 Å². The summed E-state index contributed by atoms with van der Waals surface area (Å²) in [5.41, 5.74) is 2.05. The maximum Gasteiger partial charge on any atom is 0.256 e. The van der Waals surface area contributed by atoms with Gasteiger partial charge in [-0.3, -0.25) is 14.3 Å². The first-order chi connectivity index (χ1) is 13.6. The summed E-state index contributed by atoms with van der Waals surface area (Å²) in [6.45, 7) is 0.454. The van der Waals surface area contributed by atoms with Crippen LogP contribution in [0, 0.1) is 0 Å². The van der Waals surface area contributed by atoms with Crippen LogP contribution < -0.4 is 15.5 Å². The Morgan fingerprint density at radius 3 is 3.00 bits per heavy atom. The standard InChI is InChI=1S/C19H19N7O2/c1-25-17(24-19(28)15-6-3-8-21-18(15)25)13-4-2-5-14(10-13)23-16(27)7-9-26-12-20-11-22-26/h2-6,8,10-12,17H,7,9H2,1H3,(H,23,27)(H,24,28)/t17-/m1/s1. The highest BCUT2D eigenvalue weighted by atomic mass is 16.2. The first-order valence-electron chi connectivity index (χ1n) is 8.83. The zero-order chi connectivity index (χ0) is 19.5. The summed E-state index contributed by atoms with van der Waals surface area (Å²) >= 11 is 0. The lowest BCUT2D eigenvalue weighted by Gasteiger charge is -2.35. The van der Waals surface area contributed by atoms with Crippen molar-refractivity contribution in [3.8, 4) is 0 Å². The SMILES string of the molecule is CN1c2ncccc2C(=O)N[C@H]1c1cccc(NC(=O)CCn2cncn2)c1. The zero-order valence-corrected chi connectivity index (χ0v) is 15.2. The van der Waals surface area contributed by atoms with E-state index >= 15 is 0 Å². The lowest BCUT2D eigenvalue weighted by Crippen LogP contribution is -2.45. The molecule has 0 fully saturated rings. The summed E-state index contributed by atoms with van der Waals surface area (Å²) in [6.07, 6.45) is 4.58. The fourth-order valence-electron chi connectivity index (χ4n) is 3.16. The number of rotatable bonds is 5. The third kappa shape index (κ3) is 3.54. The quantitative estimate of drug-likeness (QED) is 0.699. The summed E-state index contributed by atoms with van der Waals surface area (Å²) in [7, 11) is 1.87. The van der Waals surface area contributed by atoms with Gasteiger partial charge in [0, 0.05) is 25.4 Å². The minimum atomic E-state index is -0.373. The molecule has 1 aliphatic heterocycles. The van der Waals surface area contributed by atoms with Crippen LogP contribution >= 0.6 is 0 Å². The molecule has 2 N–H and O–H groups in total. The van der Waals surface area contributed by atoms with Crippen molar-refractivity contribution in [2.24, 2.45) is 0 Å². The molecule has 0 saturated heterocycles. The zero-order valence-electron chi connectivity index (χ0n) is 15.2. The molecule has 1 aromatic carbocycles. The van der Waals surface area contributed by atoms with E-state index in [-0.39, 0.29) is 24.4 Å². The van der Waals surface area contributed by atoms with Gasteiger partial charge in [-0.2, -0.15) is 5.10 Å². The molecule has 3 heterocycles. The van der Waals surface area contributed by atoms with Crippen LogP contribution in [0.3, 0.4) is 0 Å². The number of aryl methyl sites for hydroxylation is 1. The van der Waals surface area contributed by atoms with Crippen LogP contribution in [0.25, 0.3) is 0 Å². The number of anilines is 2. The van der Waals surface area contributed by atoms with Gasteiger partial charge in [0.1, 0.15) is 24.6 Å². The number of aromatic nitrogens is 4. The van der Waals surface area contributed by atoms with Crippen molar-refractivity contribution < 1.29 is 9.59 Å². The van der Waals surface area contributed by atoms with E-state index in [4.69, 9.17) is 0 Å². The molecular formula is C19H19N7O2. The maximum atomic E-state index is 12.4. The topological polar surface area (TPSA) is 105 Å². The van der Waals surface area contributed by atoms with Gasteiger partial charge in [0.25, 0.3) is 5.91 Å². The largest absolute Gasteiger partial charge is 0.335 e. The Kier molecular flexibility index (Phi) is 4.71. The summed E-state index contributed by atoms with van der Waals surface area (Å²) in [4.78, 5) is 34.7. The second-order valence-electron chi connectivity index (χ2n) is 6.44. The molecule has 2 aromatic heterocycles. The van der Waals surface area contributed by atoms with Crippen molar-refractivity contribution in [1.29, 1.82) is 0 Å². The second-order valence-corrected chi connectivity index (χ2v) is 6.44. The highest BCUT2D eigenvalue weighted by molar-refractivity contribution is 6.01. The van der Waals surface area contributed by atoms with Crippen LogP contribution in [0.15, 0.2) is 55.2 Å². The van der Waals surface area contributed by atoms with E-state index in [1.807, 2.05) is 36.2 Å². The number of hydrogen-bond donors (Lipinski definition) is 2. The molecule has 1 aliphatic rings. The molecule has 2 amide bonds. The summed E-state index contributed by atoms with van der Waals surface area (Å²) in [6, 6.07) is 10.9. The average molecular weight is 377 g/mol. The molecule has 28 heavy (non-hydrogen) atoms. The third-order valence-corrected chi connectivity index (χ3v) is 4.54. The predicted octanol–water partition coefficient (Wildman–Crippen LogP) is 1.58. The molecule has 142 valence electrons. The van der Waals surface area contributed by atoms with Crippen LogP contribution in [-0.2, 0) is 11.3 Å². The van der Waals surface area contributed by atoms with E-state index in [0.717, 1.165) is 5.56 Å². The predicted molar refractivity (Wildman–Crippen MR) is 103 cm³/mol. The highest BCUT2D eigenvalue weighted by Gasteiger charge is 2.30. The molecular weight excluding hydrogens is 358 g/mol. The molecule has 0 radical (unpaired) electrons. The molecule has 0 spiro atoms. The Morgan fingerprint density at radius 1 is 1.29 bits per heavy atom. The van der Waals surface area contributed by atoms with E-state index < -0.39 is 0 Å². The Labute approximate surface area is 161 Å². The van der Waals surface area contributed by atoms with Gasteiger partial charge in [0.2, 0.25) is 5.91 Å². The Bertz CT molecular complexity index is 1000. The van der Waals surface area contributed by atoms with Crippen LogP contribution in [-0.4, -0.2) is 38.6 Å². The lowest BCUT2D eigenvalue weighted by molar-refractivity contribution is -0.116.